The Kier molecular flexibility index (Phi) is 10.7. The van der Waals surface area contributed by atoms with Gasteiger partial charge in [0.15, 0.2) is 0 Å². The van der Waals surface area contributed by atoms with Gasteiger partial charge in [0.05, 0.1) is 5.92 Å². The smallest absolute Gasteiger partial charge is 0.251 e. The summed E-state index contributed by atoms with van der Waals surface area (Å²) >= 11 is 0. The highest BCUT2D eigenvalue weighted by atomic mass is 35.5. The summed E-state index contributed by atoms with van der Waals surface area (Å²) in [5, 5.41) is 9.14. The number of hydrogen-bond donors (Lipinski definition) is 3. The Morgan fingerprint density at radius 2 is 1.78 bits per heavy atom. The standard InChI is InChI=1S/C19H28N4O2.2ClH/c24-18(21-9-12-23-10-1-2-11-23)16-5-3-15(4-6-16)13-22-19(25)17-7-8-20-14-17;;/h3-6,17,20H,1-2,7-14H2,(H,21,24)(H,22,25);2*1H. The average Bonchev–Trinajstić information content (AvgIpc) is 3.34. The van der Waals surface area contributed by atoms with Crippen molar-refractivity contribution in [3.05, 3.63) is 35.4 Å². The summed E-state index contributed by atoms with van der Waals surface area (Å²) < 4.78 is 0. The molecule has 0 aromatic heterocycles. The fourth-order valence-corrected chi connectivity index (χ4v) is 3.42. The molecule has 0 aliphatic carbocycles. The van der Waals surface area contributed by atoms with Gasteiger partial charge in [-0.3, -0.25) is 9.59 Å². The second-order valence-electron chi connectivity index (χ2n) is 6.91. The number of benzene rings is 1. The van der Waals surface area contributed by atoms with Gasteiger partial charge in [-0.25, -0.2) is 0 Å². The lowest BCUT2D eigenvalue weighted by Crippen LogP contribution is -2.33. The molecule has 8 heteroatoms. The summed E-state index contributed by atoms with van der Waals surface area (Å²) in [7, 11) is 0. The molecule has 2 aliphatic rings. The molecular formula is C19H30Cl2N4O2. The maximum Gasteiger partial charge on any atom is 0.251 e. The van der Waals surface area contributed by atoms with Crippen molar-refractivity contribution in [2.45, 2.75) is 25.8 Å². The van der Waals surface area contributed by atoms with Crippen LogP contribution in [0.5, 0.6) is 0 Å². The van der Waals surface area contributed by atoms with Gasteiger partial charge in [0.25, 0.3) is 5.91 Å². The Hall–Kier alpha value is -1.34. The fourth-order valence-electron chi connectivity index (χ4n) is 3.42. The normalized spacial score (nSPS) is 19.0. The van der Waals surface area contributed by atoms with Gasteiger partial charge >= 0.3 is 0 Å². The third-order valence-corrected chi connectivity index (χ3v) is 5.03. The molecule has 6 nitrogen and oxygen atoms in total. The largest absolute Gasteiger partial charge is 0.352 e. The van der Waals surface area contributed by atoms with Crippen LogP contribution in [0.4, 0.5) is 0 Å². The highest BCUT2D eigenvalue weighted by Crippen LogP contribution is 2.09. The SMILES string of the molecule is Cl.Cl.O=C(NCCN1CCCC1)c1ccc(CNC(=O)C2CCNC2)cc1. The number of hydrogen-bond acceptors (Lipinski definition) is 4. The van der Waals surface area contributed by atoms with Crippen LogP contribution in [0, 0.1) is 5.92 Å². The molecule has 0 spiro atoms. The van der Waals surface area contributed by atoms with Crippen molar-refractivity contribution >= 4 is 36.6 Å². The number of carbonyl (C=O) groups excluding carboxylic acids is 2. The topological polar surface area (TPSA) is 73.5 Å². The van der Waals surface area contributed by atoms with Gasteiger partial charge in [-0.2, -0.15) is 0 Å². The minimum Gasteiger partial charge on any atom is -0.352 e. The van der Waals surface area contributed by atoms with Gasteiger partial charge in [-0.1, -0.05) is 12.1 Å². The van der Waals surface area contributed by atoms with Crippen molar-refractivity contribution in [2.75, 3.05) is 39.3 Å². The highest BCUT2D eigenvalue weighted by Gasteiger charge is 2.21. The molecule has 3 rings (SSSR count). The Morgan fingerprint density at radius 3 is 2.41 bits per heavy atom. The van der Waals surface area contributed by atoms with Crippen LogP contribution in [0.2, 0.25) is 0 Å². The molecule has 1 unspecified atom stereocenters. The van der Waals surface area contributed by atoms with Gasteiger partial charge in [-0.05, 0) is 56.6 Å². The molecule has 1 aromatic rings. The molecule has 2 aliphatic heterocycles. The lowest BCUT2D eigenvalue weighted by atomic mass is 10.1. The van der Waals surface area contributed by atoms with Gasteiger partial charge in [0, 0.05) is 31.7 Å². The molecule has 0 radical (unpaired) electrons. The molecule has 3 N–H and O–H groups in total. The molecule has 27 heavy (non-hydrogen) atoms. The molecule has 152 valence electrons. The van der Waals surface area contributed by atoms with Crippen molar-refractivity contribution in [3.8, 4) is 0 Å². The van der Waals surface area contributed by atoms with Gasteiger partial charge < -0.3 is 20.9 Å². The van der Waals surface area contributed by atoms with Crippen LogP contribution in [-0.4, -0.2) is 56.0 Å². The second kappa shape index (κ2) is 12.2. The van der Waals surface area contributed by atoms with Crippen LogP contribution < -0.4 is 16.0 Å². The van der Waals surface area contributed by atoms with Gasteiger partial charge in [0.2, 0.25) is 5.91 Å². The number of nitrogens with one attached hydrogen (secondary N) is 3. The van der Waals surface area contributed by atoms with Gasteiger partial charge in [0.1, 0.15) is 0 Å². The predicted octanol–water partition coefficient (Wildman–Crippen LogP) is 1.58. The summed E-state index contributed by atoms with van der Waals surface area (Å²) in [5.74, 6) is 0.154. The molecule has 2 heterocycles. The number of rotatable bonds is 7. The highest BCUT2D eigenvalue weighted by molar-refractivity contribution is 5.94. The van der Waals surface area contributed by atoms with Crippen LogP contribution in [-0.2, 0) is 11.3 Å². The summed E-state index contributed by atoms with van der Waals surface area (Å²) in [6.07, 6.45) is 3.44. The molecular weight excluding hydrogens is 387 g/mol. The third-order valence-electron chi connectivity index (χ3n) is 5.03. The van der Waals surface area contributed by atoms with E-state index >= 15 is 0 Å². The Labute approximate surface area is 173 Å². The van der Waals surface area contributed by atoms with Crippen LogP contribution >= 0.6 is 24.8 Å². The van der Waals surface area contributed by atoms with E-state index in [-0.39, 0.29) is 42.5 Å². The minimum atomic E-state index is -0.0354. The first-order valence-corrected chi connectivity index (χ1v) is 9.30. The number of nitrogens with zero attached hydrogens (tertiary/aromatic N) is 1. The number of amides is 2. The first-order chi connectivity index (χ1) is 12.2. The van der Waals surface area contributed by atoms with Crippen LogP contribution in [0.1, 0.15) is 35.2 Å². The summed E-state index contributed by atoms with van der Waals surface area (Å²) in [4.78, 5) is 26.5. The molecule has 0 bridgehead atoms. The number of carbonyl (C=O) groups is 2. The Bertz CT molecular complexity index is 586. The van der Waals surface area contributed by atoms with E-state index in [9.17, 15) is 9.59 Å². The van der Waals surface area contributed by atoms with Crippen LogP contribution in [0.25, 0.3) is 0 Å². The van der Waals surface area contributed by atoms with Crippen molar-refractivity contribution in [1.29, 1.82) is 0 Å². The molecule has 2 fully saturated rings. The van der Waals surface area contributed by atoms with E-state index in [1.165, 1.54) is 12.8 Å². The van der Waals surface area contributed by atoms with E-state index in [1.54, 1.807) is 0 Å². The van der Waals surface area contributed by atoms with Crippen molar-refractivity contribution < 1.29 is 9.59 Å². The number of likely N-dealkylation sites (tertiary alicyclic amines) is 1. The maximum absolute atomic E-state index is 12.2. The zero-order valence-electron chi connectivity index (χ0n) is 15.5. The molecule has 2 saturated heterocycles. The molecule has 1 aromatic carbocycles. The quantitative estimate of drug-likeness (QED) is 0.630. The van der Waals surface area contributed by atoms with E-state index in [4.69, 9.17) is 0 Å². The maximum atomic E-state index is 12.2. The van der Waals surface area contributed by atoms with E-state index in [0.717, 1.165) is 44.7 Å². The fraction of sp³-hybridized carbons (Fsp3) is 0.579. The summed E-state index contributed by atoms with van der Waals surface area (Å²) in [6.45, 7) is 6.09. The number of halogens is 2. The summed E-state index contributed by atoms with van der Waals surface area (Å²) in [5.41, 5.74) is 1.67. The molecule has 2 amide bonds. The lowest BCUT2D eigenvalue weighted by Gasteiger charge is -2.14. The van der Waals surface area contributed by atoms with Crippen molar-refractivity contribution in [2.24, 2.45) is 5.92 Å². The summed E-state index contributed by atoms with van der Waals surface area (Å²) in [6, 6.07) is 7.46. The van der Waals surface area contributed by atoms with E-state index in [2.05, 4.69) is 20.9 Å². The van der Waals surface area contributed by atoms with Crippen LogP contribution in [0.3, 0.4) is 0 Å². The molecule has 0 saturated carbocycles. The van der Waals surface area contributed by atoms with Crippen molar-refractivity contribution in [3.63, 3.8) is 0 Å². The zero-order valence-corrected chi connectivity index (χ0v) is 17.2. The first-order valence-electron chi connectivity index (χ1n) is 9.30. The van der Waals surface area contributed by atoms with E-state index < -0.39 is 0 Å². The Morgan fingerprint density at radius 1 is 1.07 bits per heavy atom. The van der Waals surface area contributed by atoms with E-state index in [0.29, 0.717) is 18.7 Å². The average molecular weight is 417 g/mol. The van der Waals surface area contributed by atoms with E-state index in [1.807, 2.05) is 24.3 Å². The van der Waals surface area contributed by atoms with Gasteiger partial charge in [-0.15, -0.1) is 24.8 Å². The Balaban J connectivity index is 0.00000182. The minimum absolute atomic E-state index is 0. The third kappa shape index (κ3) is 7.30. The lowest BCUT2D eigenvalue weighted by molar-refractivity contribution is -0.124. The predicted molar refractivity (Wildman–Crippen MR) is 112 cm³/mol. The monoisotopic (exact) mass is 416 g/mol. The zero-order chi connectivity index (χ0) is 17.5. The second-order valence-corrected chi connectivity index (χ2v) is 6.91. The first kappa shape index (κ1) is 23.7. The van der Waals surface area contributed by atoms with Crippen LogP contribution in [0.15, 0.2) is 24.3 Å². The molecule has 1 atom stereocenters. The van der Waals surface area contributed by atoms with Crippen molar-refractivity contribution in [1.82, 2.24) is 20.9 Å².